The van der Waals surface area contributed by atoms with Crippen molar-refractivity contribution in [3.8, 4) is 5.75 Å². The van der Waals surface area contributed by atoms with Crippen LogP contribution in [0.5, 0.6) is 5.75 Å². The van der Waals surface area contributed by atoms with Crippen LogP contribution in [0.4, 0.5) is 17.1 Å². The Morgan fingerprint density at radius 3 is 2.45 bits per heavy atom. The van der Waals surface area contributed by atoms with Crippen LogP contribution in [-0.4, -0.2) is 6.10 Å². The molecule has 0 heterocycles. The predicted molar refractivity (Wildman–Crippen MR) is 85.8 cm³/mol. The number of hydrogen-bond acceptors (Lipinski definition) is 3. The minimum atomic E-state index is 0.105. The minimum Gasteiger partial charge on any atom is -0.489 e. The normalized spacial score (nSPS) is 10.7. The number of ether oxygens (including phenoxy) is 1. The molecule has 0 aliphatic rings. The maximum atomic E-state index is 5.93. The van der Waals surface area contributed by atoms with Crippen molar-refractivity contribution in [2.45, 2.75) is 33.8 Å². The van der Waals surface area contributed by atoms with E-state index >= 15 is 0 Å². The van der Waals surface area contributed by atoms with E-state index in [4.69, 9.17) is 10.5 Å². The Labute approximate surface area is 120 Å². The number of rotatable bonds is 4. The second-order valence-corrected chi connectivity index (χ2v) is 5.36. The quantitative estimate of drug-likeness (QED) is 0.809. The third-order valence-electron chi connectivity index (χ3n) is 3.04. The molecule has 3 heteroatoms. The first kappa shape index (κ1) is 14.3. The fourth-order valence-corrected chi connectivity index (χ4v) is 2.08. The molecule has 3 N–H and O–H groups in total. The molecule has 0 atom stereocenters. The van der Waals surface area contributed by atoms with Crippen molar-refractivity contribution in [1.29, 1.82) is 0 Å². The van der Waals surface area contributed by atoms with E-state index in [-0.39, 0.29) is 6.10 Å². The largest absolute Gasteiger partial charge is 0.489 e. The van der Waals surface area contributed by atoms with Crippen molar-refractivity contribution in [3.63, 3.8) is 0 Å². The van der Waals surface area contributed by atoms with Gasteiger partial charge in [-0.15, -0.1) is 0 Å². The van der Waals surface area contributed by atoms with Gasteiger partial charge in [0.2, 0.25) is 0 Å². The van der Waals surface area contributed by atoms with E-state index < -0.39 is 0 Å². The molecule has 2 rings (SSSR count). The van der Waals surface area contributed by atoms with Gasteiger partial charge in [0.05, 0.1) is 11.8 Å². The lowest BCUT2D eigenvalue weighted by Crippen LogP contribution is -2.07. The van der Waals surface area contributed by atoms with Crippen LogP contribution < -0.4 is 15.8 Å². The van der Waals surface area contributed by atoms with Gasteiger partial charge in [0.25, 0.3) is 0 Å². The summed E-state index contributed by atoms with van der Waals surface area (Å²) < 4.78 is 5.71. The van der Waals surface area contributed by atoms with Gasteiger partial charge in [-0.25, -0.2) is 0 Å². The number of anilines is 3. The van der Waals surface area contributed by atoms with Gasteiger partial charge >= 0.3 is 0 Å². The Hall–Kier alpha value is -2.16. The van der Waals surface area contributed by atoms with Crippen molar-refractivity contribution in [3.05, 3.63) is 47.5 Å². The van der Waals surface area contributed by atoms with E-state index in [0.29, 0.717) is 5.69 Å². The second kappa shape index (κ2) is 5.87. The monoisotopic (exact) mass is 270 g/mol. The van der Waals surface area contributed by atoms with Crippen LogP contribution in [-0.2, 0) is 0 Å². The van der Waals surface area contributed by atoms with Crippen LogP contribution in [0, 0.1) is 13.8 Å². The molecule has 20 heavy (non-hydrogen) atoms. The first-order valence-corrected chi connectivity index (χ1v) is 6.86. The Bertz CT molecular complexity index is 606. The van der Waals surface area contributed by atoms with Gasteiger partial charge in [0.1, 0.15) is 5.75 Å². The summed E-state index contributed by atoms with van der Waals surface area (Å²) in [5, 5.41) is 3.40. The molecule has 0 aliphatic heterocycles. The number of aryl methyl sites for hydroxylation is 2. The zero-order chi connectivity index (χ0) is 14.7. The van der Waals surface area contributed by atoms with E-state index in [9.17, 15) is 0 Å². The highest BCUT2D eigenvalue weighted by Crippen LogP contribution is 2.29. The number of nitrogens with one attached hydrogen (secondary N) is 1. The second-order valence-electron chi connectivity index (χ2n) is 5.36. The third-order valence-corrected chi connectivity index (χ3v) is 3.04. The highest BCUT2D eigenvalue weighted by molar-refractivity contribution is 5.68. The smallest absolute Gasteiger partial charge is 0.144 e. The number of hydrogen-bond donors (Lipinski definition) is 2. The van der Waals surface area contributed by atoms with Crippen LogP contribution in [0.25, 0.3) is 0 Å². The lowest BCUT2D eigenvalue weighted by atomic mass is 10.1. The molecule has 0 saturated carbocycles. The predicted octanol–water partition coefficient (Wildman–Crippen LogP) is 4.42. The molecule has 0 spiro atoms. The average molecular weight is 270 g/mol. The SMILES string of the molecule is Cc1ccc(Nc2ccc(N)c(OC(C)C)c2)c(C)c1. The maximum absolute atomic E-state index is 5.93. The molecule has 0 aromatic heterocycles. The Morgan fingerprint density at radius 1 is 1.05 bits per heavy atom. The lowest BCUT2D eigenvalue weighted by Gasteiger charge is -2.15. The van der Waals surface area contributed by atoms with Crippen LogP contribution in [0.2, 0.25) is 0 Å². The van der Waals surface area contributed by atoms with E-state index in [1.807, 2.05) is 32.0 Å². The molecule has 0 aliphatic carbocycles. The summed E-state index contributed by atoms with van der Waals surface area (Å²) in [6, 6.07) is 12.1. The summed E-state index contributed by atoms with van der Waals surface area (Å²) in [6.07, 6.45) is 0.105. The zero-order valence-electron chi connectivity index (χ0n) is 12.5. The van der Waals surface area contributed by atoms with Gasteiger partial charge in [-0.05, 0) is 51.5 Å². The molecule has 0 amide bonds. The molecule has 106 valence electrons. The Morgan fingerprint density at radius 2 is 1.80 bits per heavy atom. The van der Waals surface area contributed by atoms with Crippen molar-refractivity contribution in [2.75, 3.05) is 11.1 Å². The molecule has 0 fully saturated rings. The lowest BCUT2D eigenvalue weighted by molar-refractivity contribution is 0.244. The van der Waals surface area contributed by atoms with Gasteiger partial charge in [-0.2, -0.15) is 0 Å². The fraction of sp³-hybridized carbons (Fsp3) is 0.294. The third kappa shape index (κ3) is 3.44. The number of benzene rings is 2. The van der Waals surface area contributed by atoms with Crippen LogP contribution in [0.15, 0.2) is 36.4 Å². The summed E-state index contributed by atoms with van der Waals surface area (Å²) in [5.74, 6) is 0.717. The van der Waals surface area contributed by atoms with E-state index in [1.54, 1.807) is 0 Å². The maximum Gasteiger partial charge on any atom is 0.144 e. The van der Waals surface area contributed by atoms with Crippen LogP contribution >= 0.6 is 0 Å². The molecule has 2 aromatic rings. The van der Waals surface area contributed by atoms with Crippen molar-refractivity contribution in [2.24, 2.45) is 0 Å². The molecule has 0 radical (unpaired) electrons. The van der Waals surface area contributed by atoms with Crippen LogP contribution in [0.1, 0.15) is 25.0 Å². The molecule has 3 nitrogen and oxygen atoms in total. The topological polar surface area (TPSA) is 47.3 Å². The molecule has 0 bridgehead atoms. The Balaban J connectivity index is 2.25. The zero-order valence-corrected chi connectivity index (χ0v) is 12.5. The van der Waals surface area contributed by atoms with Crippen molar-refractivity contribution >= 4 is 17.1 Å². The van der Waals surface area contributed by atoms with E-state index in [0.717, 1.165) is 17.1 Å². The summed E-state index contributed by atoms with van der Waals surface area (Å²) in [5.41, 5.74) is 11.1. The highest BCUT2D eigenvalue weighted by Gasteiger charge is 2.06. The van der Waals surface area contributed by atoms with Gasteiger partial charge in [0, 0.05) is 17.4 Å². The van der Waals surface area contributed by atoms with Gasteiger partial charge in [-0.1, -0.05) is 17.7 Å². The number of nitrogens with two attached hydrogens (primary N) is 1. The van der Waals surface area contributed by atoms with Gasteiger partial charge in [-0.3, -0.25) is 0 Å². The fourth-order valence-electron chi connectivity index (χ4n) is 2.08. The van der Waals surface area contributed by atoms with E-state index in [2.05, 4.69) is 37.4 Å². The van der Waals surface area contributed by atoms with Gasteiger partial charge in [0.15, 0.2) is 0 Å². The van der Waals surface area contributed by atoms with E-state index in [1.165, 1.54) is 11.1 Å². The minimum absolute atomic E-state index is 0.105. The summed E-state index contributed by atoms with van der Waals surface area (Å²) >= 11 is 0. The number of nitrogen functional groups attached to an aromatic ring is 1. The highest BCUT2D eigenvalue weighted by atomic mass is 16.5. The average Bonchev–Trinajstić information content (AvgIpc) is 2.36. The Kier molecular flexibility index (Phi) is 4.18. The summed E-state index contributed by atoms with van der Waals surface area (Å²) in [4.78, 5) is 0. The first-order valence-electron chi connectivity index (χ1n) is 6.86. The standard InChI is InChI=1S/C17H22N2O/c1-11(2)20-17-10-14(6-7-15(17)18)19-16-8-5-12(3)9-13(16)4/h5-11,19H,18H2,1-4H3. The van der Waals surface area contributed by atoms with Crippen molar-refractivity contribution in [1.82, 2.24) is 0 Å². The molecule has 2 aromatic carbocycles. The summed E-state index contributed by atoms with van der Waals surface area (Å²) in [7, 11) is 0. The first-order chi connectivity index (χ1) is 9.45. The molecular formula is C17H22N2O. The van der Waals surface area contributed by atoms with Crippen molar-refractivity contribution < 1.29 is 4.74 Å². The van der Waals surface area contributed by atoms with Gasteiger partial charge < -0.3 is 15.8 Å². The molecule has 0 unspecified atom stereocenters. The molecule has 0 saturated heterocycles. The molecular weight excluding hydrogens is 248 g/mol. The summed E-state index contributed by atoms with van der Waals surface area (Å²) in [6.45, 7) is 8.17. The van der Waals surface area contributed by atoms with Crippen LogP contribution in [0.3, 0.4) is 0 Å².